The van der Waals surface area contributed by atoms with Crippen LogP contribution in [-0.2, 0) is 4.74 Å². The van der Waals surface area contributed by atoms with Gasteiger partial charge in [0.1, 0.15) is 19.4 Å². The van der Waals surface area contributed by atoms with E-state index >= 15 is 0 Å². The van der Waals surface area contributed by atoms with Gasteiger partial charge in [0.2, 0.25) is 0 Å². The Morgan fingerprint density at radius 2 is 2.21 bits per heavy atom. The monoisotopic (exact) mass is 272 g/mol. The largest absolute Gasteiger partial charge is 0.497 e. The molecule has 2 aromatic rings. The zero-order valence-corrected chi connectivity index (χ0v) is 11.7. The Hall–Kier alpha value is -1.94. The maximum absolute atomic E-state index is 5.96. The van der Waals surface area contributed by atoms with E-state index in [4.69, 9.17) is 16.3 Å². The molecule has 0 unspecified atom stereocenters. The van der Waals surface area contributed by atoms with Gasteiger partial charge in [-0.2, -0.15) is 0 Å². The summed E-state index contributed by atoms with van der Waals surface area (Å²) in [6.07, 6.45) is 1.79. The molecule has 0 aliphatic heterocycles. The van der Waals surface area contributed by atoms with E-state index in [1.807, 2.05) is 38.2 Å². The first-order valence-corrected chi connectivity index (χ1v) is 6.20. The molecule has 0 aliphatic carbocycles. The summed E-state index contributed by atoms with van der Waals surface area (Å²) in [6, 6.07) is 9.44. The fourth-order valence-corrected chi connectivity index (χ4v) is 1.88. The number of aromatic nitrogens is 1. The molecule has 0 spiro atoms. The number of halogens is 1. The molecule has 2 rings (SSSR count). The first-order chi connectivity index (χ1) is 9.10. The van der Waals surface area contributed by atoms with E-state index in [9.17, 15) is 0 Å². The zero-order valence-electron chi connectivity index (χ0n) is 10.9. The minimum atomic E-state index is 0.570. The number of methoxy groups -OCH3 is 1. The molecule has 0 atom stereocenters. The third-order valence-electron chi connectivity index (χ3n) is 2.66. The number of hydrogen-bond donors (Lipinski definition) is 1. The van der Waals surface area contributed by atoms with Gasteiger partial charge in [-0.05, 0) is 18.2 Å². The lowest BCUT2D eigenvalue weighted by Crippen LogP contribution is -2.08. The average Bonchev–Trinajstić information content (AvgIpc) is 2.40. The number of benzene rings is 1. The number of pyridine rings is 1. The second-order valence-electron chi connectivity index (χ2n) is 4.17. The van der Waals surface area contributed by atoms with E-state index in [1.54, 1.807) is 13.3 Å². The molecule has 1 aromatic carbocycles. The van der Waals surface area contributed by atoms with Crippen LogP contribution < -0.4 is 10.8 Å². The molecule has 3 nitrogen and oxygen atoms in total. The van der Waals surface area contributed by atoms with E-state index in [0.717, 1.165) is 16.7 Å². The van der Waals surface area contributed by atoms with Crippen LogP contribution in [-0.4, -0.2) is 19.9 Å². The second kappa shape index (κ2) is 5.80. The van der Waals surface area contributed by atoms with E-state index in [2.05, 4.69) is 16.9 Å². The molecule has 19 heavy (non-hydrogen) atoms. The number of rotatable bonds is 4. The van der Waals surface area contributed by atoms with Crippen LogP contribution in [0.25, 0.3) is 5.76 Å². The lowest BCUT2D eigenvalue weighted by molar-refractivity contribution is 0.371. The average molecular weight is 273 g/mol. The molecule has 96 valence electrons. The number of hydrogen-bond acceptors (Lipinski definition) is 3. The highest BCUT2D eigenvalue weighted by Crippen LogP contribution is 2.24. The van der Waals surface area contributed by atoms with Gasteiger partial charge in [-0.25, -0.2) is 4.98 Å². The predicted octanol–water partition coefficient (Wildman–Crippen LogP) is 2.35. The summed E-state index contributed by atoms with van der Waals surface area (Å²) in [6.45, 7) is 3.88. The van der Waals surface area contributed by atoms with Crippen LogP contribution in [0.2, 0.25) is 5.02 Å². The molecule has 0 amide bonds. The Balaban J connectivity index is 2.37. The van der Waals surface area contributed by atoms with Crippen molar-refractivity contribution >= 4 is 42.2 Å². The summed E-state index contributed by atoms with van der Waals surface area (Å²) in [5.41, 5.74) is 2.75. The first kappa shape index (κ1) is 13.5. The van der Waals surface area contributed by atoms with Crippen LogP contribution in [0, 0.1) is 0 Å². The highest BCUT2D eigenvalue weighted by molar-refractivity contribution is 6.32. The van der Waals surface area contributed by atoms with Gasteiger partial charge in [0, 0.05) is 16.9 Å². The fraction of sp³-hybridized carbons (Fsp3) is 0.0714. The molecule has 1 heterocycles. The van der Waals surface area contributed by atoms with Gasteiger partial charge in [0.05, 0.1) is 12.7 Å². The van der Waals surface area contributed by atoms with Crippen LogP contribution in [0.1, 0.15) is 5.56 Å². The van der Waals surface area contributed by atoms with E-state index in [-0.39, 0.29) is 0 Å². The maximum Gasteiger partial charge on any atom is 0.141 e. The number of ether oxygens (including phenoxy) is 1. The number of anilines is 2. The van der Waals surface area contributed by atoms with E-state index in [0.29, 0.717) is 16.6 Å². The van der Waals surface area contributed by atoms with Gasteiger partial charge in [-0.15, -0.1) is 0 Å². The van der Waals surface area contributed by atoms with Crippen LogP contribution in [0.4, 0.5) is 11.5 Å². The van der Waals surface area contributed by atoms with Crippen LogP contribution in [0.5, 0.6) is 0 Å². The summed E-state index contributed by atoms with van der Waals surface area (Å²) >= 11 is 5.96. The van der Waals surface area contributed by atoms with Gasteiger partial charge in [-0.1, -0.05) is 35.8 Å². The van der Waals surface area contributed by atoms with Crippen molar-refractivity contribution in [1.29, 1.82) is 0 Å². The molecule has 5 heteroatoms. The minimum absolute atomic E-state index is 0.570. The Labute approximate surface area is 118 Å². The van der Waals surface area contributed by atoms with E-state index in [1.165, 1.54) is 0 Å². The lowest BCUT2D eigenvalue weighted by atomic mass is 9.96. The lowest BCUT2D eigenvalue weighted by Gasteiger charge is -2.13. The molecule has 0 bridgehead atoms. The van der Waals surface area contributed by atoms with Crippen molar-refractivity contribution in [3.05, 3.63) is 53.7 Å². The third kappa shape index (κ3) is 3.29. The summed E-state index contributed by atoms with van der Waals surface area (Å²) in [5.74, 6) is 1.26. The molecule has 1 aromatic heterocycles. The predicted molar refractivity (Wildman–Crippen MR) is 83.2 cm³/mol. The third-order valence-corrected chi connectivity index (χ3v) is 2.89. The van der Waals surface area contributed by atoms with Crippen molar-refractivity contribution in [3.8, 4) is 0 Å². The van der Waals surface area contributed by atoms with Gasteiger partial charge in [-0.3, -0.25) is 0 Å². The Bertz CT molecular complexity index is 616. The van der Waals surface area contributed by atoms with E-state index < -0.39 is 0 Å². The first-order valence-electron chi connectivity index (χ1n) is 5.82. The van der Waals surface area contributed by atoms with Gasteiger partial charge < -0.3 is 10.1 Å². The molecular weight excluding hydrogens is 258 g/mol. The number of nitrogens with one attached hydrogen (secondary N) is 1. The summed E-state index contributed by atoms with van der Waals surface area (Å²) in [7, 11) is 3.57. The minimum Gasteiger partial charge on any atom is -0.497 e. The fourth-order valence-electron chi connectivity index (χ4n) is 1.69. The van der Waals surface area contributed by atoms with Crippen molar-refractivity contribution < 1.29 is 4.74 Å². The summed E-state index contributed by atoms with van der Waals surface area (Å²) < 4.78 is 5.19. The van der Waals surface area contributed by atoms with Crippen molar-refractivity contribution in [2.24, 2.45) is 0 Å². The zero-order chi connectivity index (χ0) is 13.8. The van der Waals surface area contributed by atoms with Gasteiger partial charge in [0.15, 0.2) is 0 Å². The molecule has 0 saturated carbocycles. The molecule has 0 fully saturated rings. The van der Waals surface area contributed by atoms with Crippen LogP contribution in [0.3, 0.4) is 0 Å². The van der Waals surface area contributed by atoms with Crippen molar-refractivity contribution in [1.82, 2.24) is 4.98 Å². The van der Waals surface area contributed by atoms with Gasteiger partial charge in [0.25, 0.3) is 0 Å². The van der Waals surface area contributed by atoms with Crippen molar-refractivity contribution in [2.75, 3.05) is 12.4 Å². The summed E-state index contributed by atoms with van der Waals surface area (Å²) in [5, 5.41) is 3.89. The highest BCUT2D eigenvalue weighted by Gasteiger charge is 2.09. The quantitative estimate of drug-likeness (QED) is 0.685. The summed E-state index contributed by atoms with van der Waals surface area (Å²) in [4.78, 5) is 4.38. The molecule has 0 aliphatic rings. The number of nitrogens with zero attached hydrogens (tertiary/aromatic N) is 1. The smallest absolute Gasteiger partial charge is 0.141 e. The van der Waals surface area contributed by atoms with Crippen molar-refractivity contribution in [2.45, 2.75) is 0 Å². The topological polar surface area (TPSA) is 34.2 Å². The molecular formula is C14H14BClN2O. The molecule has 1 N–H and O–H groups in total. The Morgan fingerprint density at radius 3 is 2.89 bits per heavy atom. The standard InChI is InChI=1S/C14H14BClN2O/c1-9(19-2)13-6-10(15)8-17-14(13)18-12-5-3-4-11(16)7-12/h3-8H,1,15H2,2H3,(H,17,18). The second-order valence-corrected chi connectivity index (χ2v) is 4.61. The van der Waals surface area contributed by atoms with Crippen LogP contribution >= 0.6 is 11.6 Å². The normalized spacial score (nSPS) is 10.0. The SMILES string of the molecule is Bc1cnc(Nc2cccc(Cl)c2)c(C(=C)OC)c1. The van der Waals surface area contributed by atoms with Gasteiger partial charge >= 0.3 is 0 Å². The molecule has 0 radical (unpaired) electrons. The highest BCUT2D eigenvalue weighted by atomic mass is 35.5. The molecule has 0 saturated heterocycles. The Morgan fingerprint density at radius 1 is 1.42 bits per heavy atom. The Kier molecular flexibility index (Phi) is 4.12. The van der Waals surface area contributed by atoms with Crippen LogP contribution in [0.15, 0.2) is 43.1 Å². The maximum atomic E-state index is 5.96. The van der Waals surface area contributed by atoms with Crippen molar-refractivity contribution in [3.63, 3.8) is 0 Å².